The molecule has 126 valence electrons. The van der Waals surface area contributed by atoms with Crippen LogP contribution >= 0.6 is 0 Å². The number of nitrogens with zero attached hydrogens (tertiary/aromatic N) is 2. The van der Waals surface area contributed by atoms with Crippen molar-refractivity contribution in [3.63, 3.8) is 0 Å². The van der Waals surface area contributed by atoms with Gasteiger partial charge >= 0.3 is 12.0 Å². The molecule has 4 amide bonds. The number of aliphatic carboxylic acids is 1. The van der Waals surface area contributed by atoms with Gasteiger partial charge in [0, 0.05) is 13.1 Å². The van der Waals surface area contributed by atoms with E-state index in [0.717, 1.165) is 17.7 Å². The highest BCUT2D eigenvalue weighted by Gasteiger charge is 2.52. The first-order valence-electron chi connectivity index (χ1n) is 8.08. The molecule has 3 fully saturated rings. The standard InChI is InChI=1S/C15H21N3O5/c19-11(17-7-3-10(4-8-17)12(20)21)9-18-13(22)15(16-14(18)23)5-1-2-6-15/h10H,1-9H2,(H,16,23)(H,20,21). The number of carboxylic acid groups (broad SMARTS) is 1. The van der Waals surface area contributed by atoms with Crippen molar-refractivity contribution in [1.29, 1.82) is 0 Å². The summed E-state index contributed by atoms with van der Waals surface area (Å²) in [7, 11) is 0. The minimum atomic E-state index is -0.839. The van der Waals surface area contributed by atoms with Gasteiger partial charge in [0.2, 0.25) is 5.91 Å². The molecule has 2 heterocycles. The fourth-order valence-electron chi connectivity index (χ4n) is 3.75. The van der Waals surface area contributed by atoms with E-state index in [4.69, 9.17) is 5.11 Å². The largest absolute Gasteiger partial charge is 0.481 e. The van der Waals surface area contributed by atoms with Crippen LogP contribution in [0.4, 0.5) is 4.79 Å². The molecule has 23 heavy (non-hydrogen) atoms. The average molecular weight is 323 g/mol. The smallest absolute Gasteiger partial charge is 0.325 e. The van der Waals surface area contributed by atoms with Gasteiger partial charge in [-0.15, -0.1) is 0 Å². The summed E-state index contributed by atoms with van der Waals surface area (Å²) < 4.78 is 0. The number of hydrogen-bond donors (Lipinski definition) is 2. The third-order valence-electron chi connectivity index (χ3n) is 5.19. The summed E-state index contributed by atoms with van der Waals surface area (Å²) in [5.41, 5.74) is -0.798. The molecule has 0 aromatic carbocycles. The van der Waals surface area contributed by atoms with Crippen LogP contribution in [0.3, 0.4) is 0 Å². The number of rotatable bonds is 3. The van der Waals surface area contributed by atoms with Gasteiger partial charge in [-0.25, -0.2) is 4.79 Å². The van der Waals surface area contributed by atoms with Crippen molar-refractivity contribution >= 4 is 23.8 Å². The maximum absolute atomic E-state index is 12.5. The van der Waals surface area contributed by atoms with E-state index in [1.807, 2.05) is 0 Å². The van der Waals surface area contributed by atoms with Crippen LogP contribution in [0.2, 0.25) is 0 Å². The summed E-state index contributed by atoms with van der Waals surface area (Å²) >= 11 is 0. The van der Waals surface area contributed by atoms with Gasteiger partial charge in [0.1, 0.15) is 12.1 Å². The van der Waals surface area contributed by atoms with E-state index in [-0.39, 0.29) is 18.4 Å². The lowest BCUT2D eigenvalue weighted by Crippen LogP contribution is -2.48. The molecule has 1 saturated carbocycles. The van der Waals surface area contributed by atoms with Crippen LogP contribution in [0.1, 0.15) is 38.5 Å². The van der Waals surface area contributed by atoms with Crippen LogP contribution in [0.5, 0.6) is 0 Å². The molecule has 1 spiro atoms. The molecule has 8 nitrogen and oxygen atoms in total. The summed E-state index contributed by atoms with van der Waals surface area (Å²) in [6.07, 6.45) is 3.88. The topological polar surface area (TPSA) is 107 Å². The number of nitrogens with one attached hydrogen (secondary N) is 1. The summed E-state index contributed by atoms with van der Waals surface area (Å²) in [6.45, 7) is 0.444. The molecule has 2 N–H and O–H groups in total. The third-order valence-corrected chi connectivity index (χ3v) is 5.19. The van der Waals surface area contributed by atoms with Gasteiger partial charge in [0.05, 0.1) is 5.92 Å². The van der Waals surface area contributed by atoms with E-state index >= 15 is 0 Å². The van der Waals surface area contributed by atoms with Crippen molar-refractivity contribution < 1.29 is 24.3 Å². The van der Waals surface area contributed by atoms with Crippen molar-refractivity contribution in [2.75, 3.05) is 19.6 Å². The van der Waals surface area contributed by atoms with Crippen molar-refractivity contribution in [3.05, 3.63) is 0 Å². The Morgan fingerprint density at radius 1 is 1.17 bits per heavy atom. The number of amides is 4. The lowest BCUT2D eigenvalue weighted by molar-refractivity contribution is -0.146. The number of piperidine rings is 1. The Balaban J connectivity index is 1.59. The molecule has 2 aliphatic heterocycles. The molecular formula is C15H21N3O5. The molecule has 0 aromatic rings. The highest BCUT2D eigenvalue weighted by atomic mass is 16.4. The zero-order chi connectivity index (χ0) is 16.6. The Bertz CT molecular complexity index is 547. The van der Waals surface area contributed by atoms with Gasteiger partial charge in [0.25, 0.3) is 5.91 Å². The second-order valence-electron chi connectivity index (χ2n) is 6.60. The Morgan fingerprint density at radius 2 is 1.78 bits per heavy atom. The zero-order valence-electron chi connectivity index (χ0n) is 12.9. The summed E-state index contributed by atoms with van der Waals surface area (Å²) in [4.78, 5) is 50.4. The molecule has 8 heteroatoms. The molecule has 0 aromatic heterocycles. The third kappa shape index (κ3) is 2.77. The molecule has 3 aliphatic rings. The molecule has 0 atom stereocenters. The van der Waals surface area contributed by atoms with Crippen molar-refractivity contribution in [3.8, 4) is 0 Å². The first kappa shape index (κ1) is 15.8. The van der Waals surface area contributed by atoms with Crippen LogP contribution in [0.15, 0.2) is 0 Å². The highest BCUT2D eigenvalue weighted by molar-refractivity contribution is 6.09. The second kappa shape index (κ2) is 5.82. The highest BCUT2D eigenvalue weighted by Crippen LogP contribution is 2.35. The number of hydrogen-bond acceptors (Lipinski definition) is 4. The van der Waals surface area contributed by atoms with E-state index in [1.54, 1.807) is 4.90 Å². The summed E-state index contributed by atoms with van der Waals surface area (Å²) in [5, 5.41) is 11.7. The predicted molar refractivity (Wildman–Crippen MR) is 78.4 cm³/mol. The first-order valence-corrected chi connectivity index (χ1v) is 8.08. The number of likely N-dealkylation sites (tertiary alicyclic amines) is 1. The second-order valence-corrected chi connectivity index (χ2v) is 6.60. The van der Waals surface area contributed by atoms with Crippen LogP contribution in [0.25, 0.3) is 0 Å². The van der Waals surface area contributed by atoms with Crippen LogP contribution < -0.4 is 5.32 Å². The monoisotopic (exact) mass is 323 g/mol. The number of carbonyl (C=O) groups is 4. The van der Waals surface area contributed by atoms with Crippen molar-refractivity contribution in [2.24, 2.45) is 5.92 Å². The Labute approximate surface area is 133 Å². The molecule has 1 aliphatic carbocycles. The minimum Gasteiger partial charge on any atom is -0.481 e. The first-order chi connectivity index (χ1) is 10.9. The van der Waals surface area contributed by atoms with E-state index < -0.39 is 23.5 Å². The Kier molecular flexibility index (Phi) is 3.99. The Morgan fingerprint density at radius 3 is 2.35 bits per heavy atom. The molecule has 0 unspecified atom stereocenters. The minimum absolute atomic E-state index is 0.260. The predicted octanol–water partition coefficient (Wildman–Crippen LogP) is 0.174. The lowest BCUT2D eigenvalue weighted by atomic mass is 9.97. The SMILES string of the molecule is O=C(O)C1CCN(C(=O)CN2C(=O)NC3(CCCC3)C2=O)CC1. The molecular weight excluding hydrogens is 302 g/mol. The summed E-state index contributed by atoms with van der Waals surface area (Å²) in [5.74, 6) is -1.85. The molecule has 3 rings (SSSR count). The van der Waals surface area contributed by atoms with Crippen LogP contribution in [0, 0.1) is 5.92 Å². The molecule has 0 radical (unpaired) electrons. The van der Waals surface area contributed by atoms with Gasteiger partial charge in [-0.2, -0.15) is 0 Å². The number of carbonyl (C=O) groups excluding carboxylic acids is 3. The van der Waals surface area contributed by atoms with Gasteiger partial charge in [-0.1, -0.05) is 12.8 Å². The summed E-state index contributed by atoms with van der Waals surface area (Å²) in [6, 6.07) is -0.495. The number of carboxylic acids is 1. The van der Waals surface area contributed by atoms with E-state index in [9.17, 15) is 19.2 Å². The van der Waals surface area contributed by atoms with Crippen molar-refractivity contribution in [1.82, 2.24) is 15.1 Å². The maximum Gasteiger partial charge on any atom is 0.325 e. The van der Waals surface area contributed by atoms with Crippen molar-refractivity contribution in [2.45, 2.75) is 44.1 Å². The van der Waals surface area contributed by atoms with Crippen LogP contribution in [-0.2, 0) is 14.4 Å². The molecule has 0 bridgehead atoms. The fourth-order valence-corrected chi connectivity index (χ4v) is 3.75. The fraction of sp³-hybridized carbons (Fsp3) is 0.733. The van der Waals surface area contributed by atoms with Gasteiger partial charge in [0.15, 0.2) is 0 Å². The van der Waals surface area contributed by atoms with Crippen LogP contribution in [-0.4, -0.2) is 63.9 Å². The number of imide groups is 1. The van der Waals surface area contributed by atoms with E-state index in [2.05, 4.69) is 5.32 Å². The van der Waals surface area contributed by atoms with E-state index in [1.165, 1.54) is 0 Å². The van der Waals surface area contributed by atoms with E-state index in [0.29, 0.717) is 38.8 Å². The maximum atomic E-state index is 12.5. The van der Waals surface area contributed by atoms with Gasteiger partial charge in [-0.05, 0) is 25.7 Å². The normalized spacial score (nSPS) is 24.3. The molecule has 2 saturated heterocycles. The van der Waals surface area contributed by atoms with Gasteiger partial charge in [-0.3, -0.25) is 19.3 Å². The average Bonchev–Trinajstić information content (AvgIpc) is 3.08. The quantitative estimate of drug-likeness (QED) is 0.720. The lowest BCUT2D eigenvalue weighted by Gasteiger charge is -2.31. The zero-order valence-corrected chi connectivity index (χ0v) is 12.9. The number of urea groups is 1. The Hall–Kier alpha value is -2.12. The van der Waals surface area contributed by atoms with Gasteiger partial charge < -0.3 is 15.3 Å².